The Morgan fingerprint density at radius 2 is 1.95 bits per heavy atom. The highest BCUT2D eigenvalue weighted by Crippen LogP contribution is 2.21. The van der Waals surface area contributed by atoms with E-state index in [2.05, 4.69) is 9.97 Å². The lowest BCUT2D eigenvalue weighted by Crippen LogP contribution is -2.09. The van der Waals surface area contributed by atoms with Gasteiger partial charge in [-0.1, -0.05) is 0 Å². The molecule has 0 atom stereocenters. The Morgan fingerprint density at radius 3 is 2.63 bits per heavy atom. The zero-order valence-electron chi connectivity index (χ0n) is 10.8. The van der Waals surface area contributed by atoms with Crippen molar-refractivity contribution in [3.63, 3.8) is 0 Å². The average molecular weight is 254 g/mol. The molecule has 0 saturated heterocycles. The van der Waals surface area contributed by atoms with Crippen LogP contribution in [0.15, 0.2) is 42.9 Å². The number of fused-ring (bicyclic) bond motifs is 1. The third-order valence-electron chi connectivity index (χ3n) is 2.94. The SMILES string of the molecule is CN(C)c1ccc(-c2cn3cc(O)ccc3n2)cn1. The number of pyridine rings is 2. The molecule has 5 heteroatoms. The van der Waals surface area contributed by atoms with Crippen LogP contribution in [0.5, 0.6) is 5.75 Å². The second-order valence-corrected chi connectivity index (χ2v) is 4.58. The molecule has 3 rings (SSSR count). The summed E-state index contributed by atoms with van der Waals surface area (Å²) in [5.41, 5.74) is 2.58. The van der Waals surface area contributed by atoms with Crippen molar-refractivity contribution < 1.29 is 5.11 Å². The summed E-state index contributed by atoms with van der Waals surface area (Å²) in [5.74, 6) is 1.13. The molecular weight excluding hydrogens is 240 g/mol. The molecule has 1 N–H and O–H groups in total. The summed E-state index contributed by atoms with van der Waals surface area (Å²) in [6.07, 6.45) is 5.31. The van der Waals surface area contributed by atoms with Crippen LogP contribution in [0, 0.1) is 0 Å². The van der Waals surface area contributed by atoms with Crippen molar-refractivity contribution >= 4 is 11.5 Å². The Labute approximate surface area is 110 Å². The van der Waals surface area contributed by atoms with Gasteiger partial charge in [0.2, 0.25) is 0 Å². The molecule has 0 radical (unpaired) electrons. The fourth-order valence-electron chi connectivity index (χ4n) is 1.92. The van der Waals surface area contributed by atoms with Gasteiger partial charge in [-0.2, -0.15) is 0 Å². The van der Waals surface area contributed by atoms with Crippen LogP contribution in [0.1, 0.15) is 0 Å². The lowest BCUT2D eigenvalue weighted by atomic mass is 10.2. The fourth-order valence-corrected chi connectivity index (χ4v) is 1.92. The lowest BCUT2D eigenvalue weighted by molar-refractivity contribution is 0.472. The summed E-state index contributed by atoms with van der Waals surface area (Å²) >= 11 is 0. The van der Waals surface area contributed by atoms with Gasteiger partial charge < -0.3 is 14.4 Å². The summed E-state index contributed by atoms with van der Waals surface area (Å²) in [5, 5.41) is 9.44. The van der Waals surface area contributed by atoms with Crippen molar-refractivity contribution in [2.24, 2.45) is 0 Å². The third kappa shape index (κ3) is 2.10. The summed E-state index contributed by atoms with van der Waals surface area (Å²) in [6.45, 7) is 0. The zero-order chi connectivity index (χ0) is 13.4. The second kappa shape index (κ2) is 4.28. The van der Waals surface area contributed by atoms with Crippen molar-refractivity contribution in [1.29, 1.82) is 0 Å². The van der Waals surface area contributed by atoms with Crippen molar-refractivity contribution in [2.45, 2.75) is 0 Å². The number of anilines is 1. The van der Waals surface area contributed by atoms with Crippen LogP contribution in [0.25, 0.3) is 16.9 Å². The Hall–Kier alpha value is -2.56. The number of hydrogen-bond acceptors (Lipinski definition) is 4. The zero-order valence-corrected chi connectivity index (χ0v) is 10.8. The van der Waals surface area contributed by atoms with Crippen molar-refractivity contribution in [3.8, 4) is 17.0 Å². The first kappa shape index (κ1) is 11.5. The molecule has 19 heavy (non-hydrogen) atoms. The van der Waals surface area contributed by atoms with E-state index < -0.39 is 0 Å². The average Bonchev–Trinajstić information content (AvgIpc) is 2.81. The normalized spacial score (nSPS) is 10.8. The Morgan fingerprint density at radius 1 is 1.11 bits per heavy atom. The lowest BCUT2D eigenvalue weighted by Gasteiger charge is -2.10. The highest BCUT2D eigenvalue weighted by molar-refractivity contribution is 5.63. The van der Waals surface area contributed by atoms with Crippen LogP contribution >= 0.6 is 0 Å². The molecule has 3 aromatic rings. The van der Waals surface area contributed by atoms with Gasteiger partial charge in [-0.25, -0.2) is 9.97 Å². The van der Waals surface area contributed by atoms with E-state index in [9.17, 15) is 5.11 Å². The number of hydrogen-bond donors (Lipinski definition) is 1. The van der Waals surface area contributed by atoms with Gasteiger partial charge in [-0.05, 0) is 24.3 Å². The molecule has 0 fully saturated rings. The van der Waals surface area contributed by atoms with Gasteiger partial charge in [0.15, 0.2) is 0 Å². The first-order valence-corrected chi connectivity index (χ1v) is 5.95. The van der Waals surface area contributed by atoms with E-state index in [-0.39, 0.29) is 5.75 Å². The van der Waals surface area contributed by atoms with Crippen molar-refractivity contribution in [1.82, 2.24) is 14.4 Å². The minimum absolute atomic E-state index is 0.220. The van der Waals surface area contributed by atoms with Crippen LogP contribution in [-0.2, 0) is 0 Å². The van der Waals surface area contributed by atoms with E-state index in [1.165, 1.54) is 0 Å². The van der Waals surface area contributed by atoms with Gasteiger partial charge in [-0.15, -0.1) is 0 Å². The molecule has 0 aliphatic heterocycles. The first-order valence-electron chi connectivity index (χ1n) is 5.95. The molecule has 0 unspecified atom stereocenters. The van der Waals surface area contributed by atoms with E-state index >= 15 is 0 Å². The molecule has 0 aliphatic carbocycles. The number of nitrogens with zero attached hydrogens (tertiary/aromatic N) is 4. The molecule has 0 aliphatic rings. The van der Waals surface area contributed by atoms with Crippen LogP contribution < -0.4 is 4.90 Å². The molecule has 0 bridgehead atoms. The first-order chi connectivity index (χ1) is 9.13. The summed E-state index contributed by atoms with van der Waals surface area (Å²) in [7, 11) is 3.91. The van der Waals surface area contributed by atoms with Crippen LogP contribution in [0.3, 0.4) is 0 Å². The van der Waals surface area contributed by atoms with E-state index in [0.29, 0.717) is 0 Å². The highest BCUT2D eigenvalue weighted by Gasteiger charge is 2.06. The predicted molar refractivity (Wildman–Crippen MR) is 74.4 cm³/mol. The topological polar surface area (TPSA) is 53.7 Å². The number of aromatic hydroxyl groups is 1. The number of aromatic nitrogens is 3. The van der Waals surface area contributed by atoms with E-state index in [4.69, 9.17) is 0 Å². The van der Waals surface area contributed by atoms with Crippen molar-refractivity contribution in [3.05, 3.63) is 42.9 Å². The van der Waals surface area contributed by atoms with Gasteiger partial charge in [0.1, 0.15) is 17.2 Å². The molecule has 0 saturated carbocycles. The molecule has 96 valence electrons. The van der Waals surface area contributed by atoms with E-state index in [1.54, 1.807) is 28.9 Å². The quantitative estimate of drug-likeness (QED) is 0.761. The Bertz CT molecular complexity index is 716. The molecule has 3 heterocycles. The van der Waals surface area contributed by atoms with Gasteiger partial charge in [0.05, 0.1) is 11.9 Å². The fraction of sp³-hybridized carbons (Fsp3) is 0.143. The van der Waals surface area contributed by atoms with Crippen LogP contribution in [-0.4, -0.2) is 33.6 Å². The predicted octanol–water partition coefficient (Wildman–Crippen LogP) is 2.17. The standard InChI is InChI=1S/C14H14N4O/c1-17(2)13-5-3-10(7-15-13)12-9-18-8-11(19)4-6-14(18)16-12/h3-9,19H,1-2H3. The monoisotopic (exact) mass is 254 g/mol. The van der Waals surface area contributed by atoms with Crippen LogP contribution in [0.4, 0.5) is 5.82 Å². The van der Waals surface area contributed by atoms with Gasteiger partial charge in [-0.3, -0.25) is 0 Å². The molecule has 0 amide bonds. The van der Waals surface area contributed by atoms with Crippen LogP contribution in [0.2, 0.25) is 0 Å². The van der Waals surface area contributed by atoms with Gasteiger partial charge in [0.25, 0.3) is 0 Å². The maximum Gasteiger partial charge on any atom is 0.137 e. The molecule has 5 nitrogen and oxygen atoms in total. The third-order valence-corrected chi connectivity index (χ3v) is 2.94. The van der Waals surface area contributed by atoms with E-state index in [1.807, 2.05) is 37.3 Å². The summed E-state index contributed by atoms with van der Waals surface area (Å²) in [4.78, 5) is 10.8. The Kier molecular flexibility index (Phi) is 2.59. The molecule has 0 aromatic carbocycles. The van der Waals surface area contributed by atoms with Gasteiger partial charge in [0, 0.05) is 32.1 Å². The van der Waals surface area contributed by atoms with Crippen molar-refractivity contribution in [2.75, 3.05) is 19.0 Å². The maximum atomic E-state index is 9.44. The highest BCUT2D eigenvalue weighted by atomic mass is 16.3. The molecule has 0 spiro atoms. The largest absolute Gasteiger partial charge is 0.506 e. The number of rotatable bonds is 2. The summed E-state index contributed by atoms with van der Waals surface area (Å²) < 4.78 is 1.80. The minimum atomic E-state index is 0.220. The molecular formula is C14H14N4O. The van der Waals surface area contributed by atoms with E-state index in [0.717, 1.165) is 22.7 Å². The molecule has 3 aromatic heterocycles. The summed E-state index contributed by atoms with van der Waals surface area (Å²) in [6, 6.07) is 7.35. The second-order valence-electron chi connectivity index (χ2n) is 4.58. The maximum absolute atomic E-state index is 9.44. The van der Waals surface area contributed by atoms with Gasteiger partial charge >= 0.3 is 0 Å². The number of imidazole rings is 1. The smallest absolute Gasteiger partial charge is 0.137 e. The Balaban J connectivity index is 2.03. The minimum Gasteiger partial charge on any atom is -0.506 e.